The molecule has 0 aromatic heterocycles. The summed E-state index contributed by atoms with van der Waals surface area (Å²) in [4.78, 5) is 0. The van der Waals surface area contributed by atoms with E-state index < -0.39 is 0 Å². The van der Waals surface area contributed by atoms with Crippen LogP contribution in [-0.2, 0) is 0 Å². The summed E-state index contributed by atoms with van der Waals surface area (Å²) in [7, 11) is 0. The second-order valence-corrected chi connectivity index (χ2v) is 6.09. The third-order valence-electron chi connectivity index (χ3n) is 4.55. The van der Waals surface area contributed by atoms with Gasteiger partial charge in [0, 0.05) is 0 Å². The van der Waals surface area contributed by atoms with E-state index in [9.17, 15) is 0 Å². The Morgan fingerprint density at radius 3 is 1.12 bits per heavy atom. The summed E-state index contributed by atoms with van der Waals surface area (Å²) in [5.41, 5.74) is 0. The molecule has 0 unspecified atom stereocenters. The van der Waals surface area contributed by atoms with Crippen molar-refractivity contribution < 1.29 is 0 Å². The van der Waals surface area contributed by atoms with E-state index >= 15 is 0 Å². The molecule has 0 radical (unpaired) electrons. The van der Waals surface area contributed by atoms with E-state index in [2.05, 4.69) is 6.92 Å². The first kappa shape index (κ1) is 15.1. The van der Waals surface area contributed by atoms with E-state index in [1.165, 1.54) is 96.3 Å². The van der Waals surface area contributed by atoms with E-state index in [1.807, 2.05) is 0 Å². The van der Waals surface area contributed by atoms with Gasteiger partial charge in [-0.25, -0.2) is 0 Å². The molecule has 0 aromatic carbocycles. The van der Waals surface area contributed by atoms with Crippen molar-refractivity contribution in [3.05, 3.63) is 0 Å². The zero-order chi connectivity index (χ0) is 12.2. The van der Waals surface area contributed by atoms with Crippen molar-refractivity contribution in [2.75, 3.05) is 0 Å². The lowest BCUT2D eigenvalue weighted by atomic mass is 9.92. The average molecular weight is 238 g/mol. The summed E-state index contributed by atoms with van der Waals surface area (Å²) in [5, 5.41) is 0. The lowest BCUT2D eigenvalue weighted by Crippen LogP contribution is -1.99. The van der Waals surface area contributed by atoms with Gasteiger partial charge in [0.05, 0.1) is 0 Å². The Hall–Kier alpha value is 0. The van der Waals surface area contributed by atoms with Gasteiger partial charge in [-0.2, -0.15) is 0 Å². The second kappa shape index (κ2) is 11.1. The number of hydrogen-bond donors (Lipinski definition) is 0. The van der Waals surface area contributed by atoms with Gasteiger partial charge in [0.1, 0.15) is 0 Å². The summed E-state index contributed by atoms with van der Waals surface area (Å²) in [6.07, 6.45) is 22.4. The minimum atomic E-state index is 1.04. The molecule has 1 aliphatic rings. The van der Waals surface area contributed by atoms with Gasteiger partial charge in [-0.3, -0.25) is 0 Å². The third kappa shape index (κ3) is 8.69. The van der Waals surface area contributed by atoms with E-state index in [0.717, 1.165) is 5.92 Å². The summed E-state index contributed by atoms with van der Waals surface area (Å²) >= 11 is 0. The Kier molecular flexibility index (Phi) is 9.84. The van der Waals surface area contributed by atoms with Crippen LogP contribution < -0.4 is 0 Å². The summed E-state index contributed by atoms with van der Waals surface area (Å²) < 4.78 is 0. The van der Waals surface area contributed by atoms with E-state index in [-0.39, 0.29) is 0 Å². The van der Waals surface area contributed by atoms with Gasteiger partial charge in [0.25, 0.3) is 0 Å². The molecule has 0 saturated heterocycles. The predicted molar refractivity (Wildman–Crippen MR) is 78.4 cm³/mol. The average Bonchev–Trinajstić information content (AvgIpc) is 2.36. The van der Waals surface area contributed by atoms with Crippen LogP contribution in [0.5, 0.6) is 0 Å². The maximum atomic E-state index is 2.39. The highest BCUT2D eigenvalue weighted by Gasteiger charge is 2.06. The third-order valence-corrected chi connectivity index (χ3v) is 4.55. The van der Waals surface area contributed by atoms with E-state index in [4.69, 9.17) is 0 Å². The largest absolute Gasteiger partial charge is 0.0651 e. The van der Waals surface area contributed by atoms with Crippen LogP contribution in [0.15, 0.2) is 0 Å². The summed E-state index contributed by atoms with van der Waals surface area (Å²) in [6.45, 7) is 2.39. The molecule has 17 heavy (non-hydrogen) atoms. The van der Waals surface area contributed by atoms with Crippen molar-refractivity contribution in [1.29, 1.82) is 0 Å². The maximum absolute atomic E-state index is 2.39. The van der Waals surface area contributed by atoms with Gasteiger partial charge in [-0.05, 0) is 5.92 Å². The number of hydrogen-bond acceptors (Lipinski definition) is 0. The Balaban J connectivity index is 2.16. The highest BCUT2D eigenvalue weighted by atomic mass is 14.1. The fraction of sp³-hybridized carbons (Fsp3) is 1.00. The molecule has 0 heteroatoms. The van der Waals surface area contributed by atoms with Crippen molar-refractivity contribution in [1.82, 2.24) is 0 Å². The van der Waals surface area contributed by atoms with Gasteiger partial charge in [0.15, 0.2) is 0 Å². The first-order valence-corrected chi connectivity index (χ1v) is 8.43. The zero-order valence-corrected chi connectivity index (χ0v) is 12.2. The SMILES string of the molecule is CCC1CCCCCCCCCCCCCC1. The van der Waals surface area contributed by atoms with Crippen LogP contribution in [-0.4, -0.2) is 0 Å². The minimum absolute atomic E-state index is 1.04. The van der Waals surface area contributed by atoms with Crippen LogP contribution in [0.3, 0.4) is 0 Å². The molecule has 0 spiro atoms. The molecular weight excluding hydrogens is 204 g/mol. The lowest BCUT2D eigenvalue weighted by Gasteiger charge is -2.14. The molecule has 0 aromatic rings. The van der Waals surface area contributed by atoms with Crippen molar-refractivity contribution in [3.8, 4) is 0 Å². The molecule has 0 heterocycles. The van der Waals surface area contributed by atoms with Gasteiger partial charge in [-0.15, -0.1) is 0 Å². The monoisotopic (exact) mass is 238 g/mol. The van der Waals surface area contributed by atoms with Crippen molar-refractivity contribution in [2.45, 2.75) is 103 Å². The van der Waals surface area contributed by atoms with Crippen LogP contribution in [0.2, 0.25) is 0 Å². The maximum Gasteiger partial charge on any atom is -0.0417 e. The second-order valence-electron chi connectivity index (χ2n) is 6.09. The van der Waals surface area contributed by atoms with Gasteiger partial charge in [0.2, 0.25) is 0 Å². The molecule has 1 saturated carbocycles. The van der Waals surface area contributed by atoms with Crippen LogP contribution in [0.4, 0.5) is 0 Å². The molecule has 1 rings (SSSR count). The Bertz CT molecular complexity index is 134. The molecule has 0 atom stereocenters. The zero-order valence-electron chi connectivity index (χ0n) is 12.2. The standard InChI is InChI=1S/C17H34/c1-2-17-15-13-11-9-7-5-3-4-6-8-10-12-14-16-17/h17H,2-16H2,1H3. The van der Waals surface area contributed by atoms with Gasteiger partial charge < -0.3 is 0 Å². The smallest absolute Gasteiger partial charge is 0.0417 e. The topological polar surface area (TPSA) is 0 Å². The summed E-state index contributed by atoms with van der Waals surface area (Å²) in [6, 6.07) is 0. The number of rotatable bonds is 1. The molecule has 0 aliphatic heterocycles. The molecule has 1 aliphatic carbocycles. The van der Waals surface area contributed by atoms with E-state index in [1.54, 1.807) is 0 Å². The van der Waals surface area contributed by atoms with Crippen molar-refractivity contribution in [2.24, 2.45) is 5.92 Å². The predicted octanol–water partition coefficient (Wildman–Crippen LogP) is 6.49. The minimum Gasteiger partial charge on any atom is -0.0651 e. The Labute approximate surface area is 110 Å². The fourth-order valence-corrected chi connectivity index (χ4v) is 3.19. The normalized spacial score (nSPS) is 23.8. The molecule has 0 nitrogen and oxygen atoms in total. The molecule has 0 N–H and O–H groups in total. The van der Waals surface area contributed by atoms with E-state index in [0.29, 0.717) is 0 Å². The molecule has 0 amide bonds. The highest BCUT2D eigenvalue weighted by Crippen LogP contribution is 2.22. The fourth-order valence-electron chi connectivity index (χ4n) is 3.19. The van der Waals surface area contributed by atoms with Crippen LogP contribution in [0.25, 0.3) is 0 Å². The van der Waals surface area contributed by atoms with Gasteiger partial charge >= 0.3 is 0 Å². The summed E-state index contributed by atoms with van der Waals surface area (Å²) in [5.74, 6) is 1.04. The Morgan fingerprint density at radius 2 is 0.824 bits per heavy atom. The first-order chi connectivity index (χ1) is 8.43. The molecule has 102 valence electrons. The Morgan fingerprint density at radius 1 is 0.529 bits per heavy atom. The van der Waals surface area contributed by atoms with Crippen molar-refractivity contribution >= 4 is 0 Å². The van der Waals surface area contributed by atoms with Crippen LogP contribution >= 0.6 is 0 Å². The van der Waals surface area contributed by atoms with Crippen LogP contribution in [0.1, 0.15) is 103 Å². The quantitative estimate of drug-likeness (QED) is 0.490. The molecular formula is C17H34. The van der Waals surface area contributed by atoms with Crippen LogP contribution in [0, 0.1) is 5.92 Å². The highest BCUT2D eigenvalue weighted by molar-refractivity contribution is 4.59. The van der Waals surface area contributed by atoms with Crippen molar-refractivity contribution in [3.63, 3.8) is 0 Å². The molecule has 1 fully saturated rings. The van der Waals surface area contributed by atoms with Gasteiger partial charge in [-0.1, -0.05) is 103 Å². The molecule has 0 bridgehead atoms. The lowest BCUT2D eigenvalue weighted by molar-refractivity contribution is 0.394. The first-order valence-electron chi connectivity index (χ1n) is 8.43.